The molecule has 0 bridgehead atoms. The second kappa shape index (κ2) is 7.88. The molecule has 5 heteroatoms. The molecule has 0 saturated carbocycles. The van der Waals surface area contributed by atoms with Crippen molar-refractivity contribution in [2.24, 2.45) is 5.73 Å². The Kier molecular flexibility index (Phi) is 5.87. The van der Waals surface area contributed by atoms with Crippen LogP contribution in [-0.4, -0.2) is 38.7 Å². The zero-order chi connectivity index (χ0) is 15.1. The molecular weight excluding hydrogens is 266 g/mol. The van der Waals surface area contributed by atoms with E-state index in [9.17, 15) is 4.79 Å². The highest BCUT2D eigenvalue weighted by molar-refractivity contribution is 5.85. The van der Waals surface area contributed by atoms with E-state index >= 15 is 0 Å². The van der Waals surface area contributed by atoms with E-state index in [0.717, 1.165) is 50.2 Å². The van der Waals surface area contributed by atoms with Crippen molar-refractivity contribution in [2.75, 3.05) is 31.6 Å². The van der Waals surface area contributed by atoms with Gasteiger partial charge in [-0.1, -0.05) is 0 Å². The lowest BCUT2D eigenvalue weighted by Gasteiger charge is -2.32. The average Bonchev–Trinajstić information content (AvgIpc) is 2.73. The van der Waals surface area contributed by atoms with Gasteiger partial charge in [-0.2, -0.15) is 0 Å². The number of nitrogens with two attached hydrogens (primary N) is 1. The Bertz CT molecular complexity index is 447. The summed E-state index contributed by atoms with van der Waals surface area (Å²) in [5.41, 5.74) is 6.70. The maximum absolute atomic E-state index is 12.3. The number of amides is 1. The number of anilines is 1. The molecule has 1 aromatic carbocycles. The summed E-state index contributed by atoms with van der Waals surface area (Å²) in [4.78, 5) is 14.5. The van der Waals surface area contributed by atoms with Gasteiger partial charge >= 0.3 is 0 Å². The summed E-state index contributed by atoms with van der Waals surface area (Å²) >= 11 is 0. The van der Waals surface area contributed by atoms with Gasteiger partial charge in [0.05, 0.1) is 7.11 Å². The Morgan fingerprint density at radius 3 is 2.76 bits per heavy atom. The molecular formula is C16H25N3O2. The predicted octanol–water partition coefficient (Wildman–Crippen LogP) is 1.52. The van der Waals surface area contributed by atoms with Crippen LogP contribution in [0.15, 0.2) is 24.3 Å². The highest BCUT2D eigenvalue weighted by Gasteiger charge is 2.27. The van der Waals surface area contributed by atoms with E-state index in [1.165, 1.54) is 0 Å². The molecule has 5 nitrogen and oxygen atoms in total. The van der Waals surface area contributed by atoms with Crippen molar-refractivity contribution in [3.8, 4) is 5.75 Å². The van der Waals surface area contributed by atoms with Gasteiger partial charge in [0, 0.05) is 18.8 Å². The van der Waals surface area contributed by atoms with Gasteiger partial charge in [-0.25, -0.2) is 0 Å². The van der Waals surface area contributed by atoms with E-state index in [1.54, 1.807) is 7.11 Å². The smallest absolute Gasteiger partial charge is 0.242 e. The second-order valence-electron chi connectivity index (χ2n) is 5.34. The average molecular weight is 291 g/mol. The maximum atomic E-state index is 12.3. The van der Waals surface area contributed by atoms with Gasteiger partial charge < -0.3 is 20.7 Å². The molecule has 3 N–H and O–H groups in total. The zero-order valence-corrected chi connectivity index (χ0v) is 12.7. The largest absolute Gasteiger partial charge is 0.497 e. The van der Waals surface area contributed by atoms with Gasteiger partial charge in [0.1, 0.15) is 11.8 Å². The van der Waals surface area contributed by atoms with Crippen LogP contribution >= 0.6 is 0 Å². The first kappa shape index (κ1) is 15.6. The number of rotatable bonds is 6. The fourth-order valence-electron chi connectivity index (χ4n) is 2.72. The minimum atomic E-state index is -0.104. The van der Waals surface area contributed by atoms with Gasteiger partial charge in [0.15, 0.2) is 0 Å². The summed E-state index contributed by atoms with van der Waals surface area (Å²) in [7, 11) is 1.65. The van der Waals surface area contributed by atoms with Crippen molar-refractivity contribution < 1.29 is 9.53 Å². The number of benzene rings is 1. The number of nitrogens with one attached hydrogen (secondary N) is 1. The van der Waals surface area contributed by atoms with Crippen LogP contribution in [0.5, 0.6) is 5.75 Å². The number of hydrogen-bond acceptors (Lipinski definition) is 4. The number of carbonyl (C=O) groups is 1. The van der Waals surface area contributed by atoms with Crippen molar-refractivity contribution in [1.82, 2.24) is 5.32 Å². The fraction of sp³-hybridized carbons (Fsp3) is 0.562. The molecule has 1 aliphatic rings. The quantitative estimate of drug-likeness (QED) is 0.834. The monoisotopic (exact) mass is 291 g/mol. The third kappa shape index (κ3) is 4.11. The molecule has 1 fully saturated rings. The molecule has 0 aliphatic carbocycles. The third-order valence-corrected chi connectivity index (χ3v) is 3.89. The van der Waals surface area contributed by atoms with Crippen molar-refractivity contribution in [3.63, 3.8) is 0 Å². The van der Waals surface area contributed by atoms with Gasteiger partial charge in [0.2, 0.25) is 5.91 Å². The van der Waals surface area contributed by atoms with Crippen LogP contribution in [0.1, 0.15) is 25.7 Å². The summed E-state index contributed by atoms with van der Waals surface area (Å²) in [6.45, 7) is 2.20. The Balaban J connectivity index is 2.20. The Labute approximate surface area is 126 Å². The van der Waals surface area contributed by atoms with Crippen LogP contribution < -0.4 is 20.7 Å². The van der Waals surface area contributed by atoms with Crippen LogP contribution in [0.25, 0.3) is 0 Å². The van der Waals surface area contributed by atoms with E-state index < -0.39 is 0 Å². The third-order valence-electron chi connectivity index (χ3n) is 3.89. The topological polar surface area (TPSA) is 67.6 Å². The second-order valence-corrected chi connectivity index (χ2v) is 5.34. The van der Waals surface area contributed by atoms with E-state index in [0.29, 0.717) is 6.54 Å². The van der Waals surface area contributed by atoms with Gasteiger partial charge in [0.25, 0.3) is 0 Å². The lowest BCUT2D eigenvalue weighted by atomic mass is 10.1. The standard InChI is InChI=1S/C16H25N3O2/c1-21-14-8-6-13(7-9-14)19(12-4-10-17)15-5-2-3-11-18-16(15)20/h6-9,15H,2-5,10-12,17H2,1H3,(H,18,20). The zero-order valence-electron chi connectivity index (χ0n) is 12.7. The lowest BCUT2D eigenvalue weighted by Crippen LogP contribution is -2.46. The number of hydrogen-bond donors (Lipinski definition) is 2. The minimum absolute atomic E-state index is 0.104. The molecule has 1 heterocycles. The van der Waals surface area contributed by atoms with Gasteiger partial charge in [-0.05, 0) is 56.5 Å². The molecule has 116 valence electrons. The molecule has 0 spiro atoms. The molecule has 1 aromatic rings. The van der Waals surface area contributed by atoms with Gasteiger partial charge in [-0.3, -0.25) is 4.79 Å². The van der Waals surface area contributed by atoms with Crippen molar-refractivity contribution in [2.45, 2.75) is 31.7 Å². The highest BCUT2D eigenvalue weighted by atomic mass is 16.5. The lowest BCUT2D eigenvalue weighted by molar-refractivity contribution is -0.122. The number of ether oxygens (including phenoxy) is 1. The fourth-order valence-corrected chi connectivity index (χ4v) is 2.72. The minimum Gasteiger partial charge on any atom is -0.497 e. The van der Waals surface area contributed by atoms with Crippen LogP contribution in [-0.2, 0) is 4.79 Å². The Morgan fingerprint density at radius 2 is 2.10 bits per heavy atom. The summed E-state index contributed by atoms with van der Waals surface area (Å²) in [6.07, 6.45) is 3.88. The van der Waals surface area contributed by atoms with E-state index in [2.05, 4.69) is 10.2 Å². The molecule has 1 unspecified atom stereocenters. The molecule has 1 amide bonds. The summed E-state index contributed by atoms with van der Waals surface area (Å²) in [5, 5.41) is 3.01. The molecule has 1 aliphatic heterocycles. The van der Waals surface area contributed by atoms with E-state index in [-0.39, 0.29) is 11.9 Å². The van der Waals surface area contributed by atoms with Crippen molar-refractivity contribution in [3.05, 3.63) is 24.3 Å². The highest BCUT2D eigenvalue weighted by Crippen LogP contribution is 2.24. The van der Waals surface area contributed by atoms with Gasteiger partial charge in [-0.15, -0.1) is 0 Å². The molecule has 2 rings (SSSR count). The van der Waals surface area contributed by atoms with Crippen LogP contribution in [0.4, 0.5) is 5.69 Å². The van der Waals surface area contributed by atoms with Crippen LogP contribution in [0.3, 0.4) is 0 Å². The molecule has 1 atom stereocenters. The molecule has 21 heavy (non-hydrogen) atoms. The molecule has 0 aromatic heterocycles. The van der Waals surface area contributed by atoms with E-state index in [4.69, 9.17) is 10.5 Å². The van der Waals surface area contributed by atoms with Crippen LogP contribution in [0.2, 0.25) is 0 Å². The van der Waals surface area contributed by atoms with E-state index in [1.807, 2.05) is 24.3 Å². The first-order valence-corrected chi connectivity index (χ1v) is 7.64. The van der Waals surface area contributed by atoms with Crippen molar-refractivity contribution >= 4 is 11.6 Å². The van der Waals surface area contributed by atoms with Crippen molar-refractivity contribution in [1.29, 1.82) is 0 Å². The van der Waals surface area contributed by atoms with Crippen LogP contribution in [0, 0.1) is 0 Å². The molecule has 0 radical (unpaired) electrons. The summed E-state index contributed by atoms with van der Waals surface area (Å²) in [6, 6.07) is 7.77. The summed E-state index contributed by atoms with van der Waals surface area (Å²) < 4.78 is 5.20. The molecule has 1 saturated heterocycles. The Hall–Kier alpha value is -1.75. The number of methoxy groups -OCH3 is 1. The summed E-state index contributed by atoms with van der Waals surface area (Å²) in [5.74, 6) is 0.947. The first-order chi connectivity index (χ1) is 10.3. The maximum Gasteiger partial charge on any atom is 0.242 e. The first-order valence-electron chi connectivity index (χ1n) is 7.64. The Morgan fingerprint density at radius 1 is 1.33 bits per heavy atom. The number of carbonyl (C=O) groups excluding carboxylic acids is 1. The number of nitrogens with zero attached hydrogens (tertiary/aromatic N) is 1. The predicted molar refractivity (Wildman–Crippen MR) is 84.7 cm³/mol. The SMILES string of the molecule is COc1ccc(N(CCCN)C2CCCCNC2=O)cc1. The normalized spacial score (nSPS) is 18.8.